The lowest BCUT2D eigenvalue weighted by Gasteiger charge is -2.10. The number of anilines is 2. The zero-order valence-electron chi connectivity index (χ0n) is 13.6. The lowest BCUT2D eigenvalue weighted by atomic mass is 10.00. The zero-order chi connectivity index (χ0) is 17.5. The second kappa shape index (κ2) is 5.93. The van der Waals surface area contributed by atoms with Crippen molar-refractivity contribution in [2.75, 3.05) is 5.32 Å². The first kappa shape index (κ1) is 15.0. The maximum Gasteiger partial charge on any atom is 0.247 e. The van der Waals surface area contributed by atoms with Crippen LogP contribution in [0.2, 0.25) is 5.02 Å². The number of halogens is 1. The van der Waals surface area contributed by atoms with Gasteiger partial charge in [-0.05, 0) is 29.0 Å². The quantitative estimate of drug-likeness (QED) is 0.410. The van der Waals surface area contributed by atoms with Crippen molar-refractivity contribution in [3.63, 3.8) is 0 Å². The standard InChI is InChI=1S/C21H13ClN4/c22-13-6-5-7-14(12-13)23-21-24-19-17-10-3-1-8-15(17)16-9-2-4-11-18(16)20(19)25-26-21/h1-12H,(H,23,24,26). The molecule has 4 nitrogen and oxygen atoms in total. The smallest absolute Gasteiger partial charge is 0.247 e. The lowest BCUT2D eigenvalue weighted by Crippen LogP contribution is -2.00. The predicted molar refractivity (Wildman–Crippen MR) is 107 cm³/mol. The molecule has 5 heteroatoms. The van der Waals surface area contributed by atoms with E-state index < -0.39 is 0 Å². The molecule has 0 fully saturated rings. The highest BCUT2D eigenvalue weighted by atomic mass is 35.5. The molecule has 0 aliphatic rings. The van der Waals surface area contributed by atoms with Crippen LogP contribution < -0.4 is 5.32 Å². The number of fused-ring (bicyclic) bond motifs is 6. The van der Waals surface area contributed by atoms with E-state index >= 15 is 0 Å². The van der Waals surface area contributed by atoms with Crippen molar-refractivity contribution in [1.82, 2.24) is 15.2 Å². The topological polar surface area (TPSA) is 50.7 Å². The molecule has 4 aromatic carbocycles. The normalized spacial score (nSPS) is 11.3. The number of hydrogen-bond acceptors (Lipinski definition) is 4. The van der Waals surface area contributed by atoms with Gasteiger partial charge in [0.25, 0.3) is 0 Å². The summed E-state index contributed by atoms with van der Waals surface area (Å²) < 4.78 is 0. The van der Waals surface area contributed by atoms with Gasteiger partial charge in [-0.3, -0.25) is 0 Å². The fraction of sp³-hybridized carbons (Fsp3) is 0. The van der Waals surface area contributed by atoms with Crippen LogP contribution >= 0.6 is 11.6 Å². The summed E-state index contributed by atoms with van der Waals surface area (Å²) in [7, 11) is 0. The van der Waals surface area contributed by atoms with E-state index in [9.17, 15) is 0 Å². The summed E-state index contributed by atoms with van der Waals surface area (Å²) in [6, 6.07) is 23.9. The Morgan fingerprint density at radius 3 is 2.00 bits per heavy atom. The Bertz CT molecular complexity index is 1250. The van der Waals surface area contributed by atoms with Crippen LogP contribution in [0.15, 0.2) is 72.8 Å². The van der Waals surface area contributed by atoms with Crippen LogP contribution in [0.3, 0.4) is 0 Å². The average molecular weight is 357 g/mol. The van der Waals surface area contributed by atoms with Gasteiger partial charge < -0.3 is 5.32 Å². The first-order valence-electron chi connectivity index (χ1n) is 8.26. The number of aromatic nitrogens is 3. The molecule has 0 aliphatic heterocycles. The van der Waals surface area contributed by atoms with Crippen LogP contribution in [-0.4, -0.2) is 15.2 Å². The van der Waals surface area contributed by atoms with Crippen molar-refractivity contribution in [3.05, 3.63) is 77.8 Å². The third-order valence-electron chi connectivity index (χ3n) is 4.42. The van der Waals surface area contributed by atoms with Gasteiger partial charge in [-0.25, -0.2) is 4.98 Å². The SMILES string of the molecule is Clc1cccc(Nc2nnc3c4ccccc4c4ccccc4c3n2)c1. The molecular weight excluding hydrogens is 344 g/mol. The van der Waals surface area contributed by atoms with E-state index in [0.29, 0.717) is 11.0 Å². The van der Waals surface area contributed by atoms with Crippen molar-refractivity contribution in [2.24, 2.45) is 0 Å². The number of nitrogens with one attached hydrogen (secondary N) is 1. The molecule has 1 aromatic heterocycles. The van der Waals surface area contributed by atoms with Crippen LogP contribution in [0, 0.1) is 0 Å². The predicted octanol–water partition coefficient (Wildman–Crippen LogP) is 5.73. The minimum absolute atomic E-state index is 0.445. The maximum atomic E-state index is 6.05. The number of benzene rings is 4. The van der Waals surface area contributed by atoms with E-state index in [1.807, 2.05) is 48.5 Å². The molecule has 0 saturated carbocycles. The molecule has 1 heterocycles. The third-order valence-corrected chi connectivity index (χ3v) is 4.66. The second-order valence-electron chi connectivity index (χ2n) is 6.06. The molecule has 5 aromatic rings. The monoisotopic (exact) mass is 356 g/mol. The van der Waals surface area contributed by atoms with Crippen LogP contribution in [0.1, 0.15) is 0 Å². The molecule has 0 radical (unpaired) electrons. The van der Waals surface area contributed by atoms with Crippen molar-refractivity contribution in [1.29, 1.82) is 0 Å². The lowest BCUT2D eigenvalue weighted by molar-refractivity contribution is 1.04. The summed E-state index contributed by atoms with van der Waals surface area (Å²) in [5.41, 5.74) is 2.46. The largest absolute Gasteiger partial charge is 0.323 e. The van der Waals surface area contributed by atoms with Gasteiger partial charge in [0, 0.05) is 21.5 Å². The summed E-state index contributed by atoms with van der Waals surface area (Å²) in [5, 5.41) is 17.0. The molecule has 0 atom stereocenters. The molecule has 0 amide bonds. The minimum Gasteiger partial charge on any atom is -0.323 e. The van der Waals surface area contributed by atoms with Gasteiger partial charge in [-0.2, -0.15) is 0 Å². The molecule has 124 valence electrons. The van der Waals surface area contributed by atoms with E-state index in [2.05, 4.69) is 39.8 Å². The van der Waals surface area contributed by atoms with Gasteiger partial charge in [-0.1, -0.05) is 66.2 Å². The second-order valence-corrected chi connectivity index (χ2v) is 6.50. The van der Waals surface area contributed by atoms with E-state index in [1.165, 1.54) is 0 Å². The van der Waals surface area contributed by atoms with Gasteiger partial charge >= 0.3 is 0 Å². The zero-order valence-corrected chi connectivity index (χ0v) is 14.4. The number of nitrogens with zero attached hydrogens (tertiary/aromatic N) is 3. The Morgan fingerprint density at radius 1 is 0.654 bits per heavy atom. The van der Waals surface area contributed by atoms with Crippen LogP contribution in [0.25, 0.3) is 32.6 Å². The summed E-state index contributed by atoms with van der Waals surface area (Å²) in [6.07, 6.45) is 0. The average Bonchev–Trinajstić information content (AvgIpc) is 2.68. The van der Waals surface area contributed by atoms with Gasteiger partial charge in [0.1, 0.15) is 11.0 Å². The van der Waals surface area contributed by atoms with Crippen molar-refractivity contribution in [2.45, 2.75) is 0 Å². The van der Waals surface area contributed by atoms with E-state index in [0.717, 1.165) is 38.3 Å². The summed E-state index contributed by atoms with van der Waals surface area (Å²) in [5.74, 6) is 0.445. The molecule has 0 bridgehead atoms. The molecule has 5 rings (SSSR count). The molecular formula is C21H13ClN4. The van der Waals surface area contributed by atoms with Crippen molar-refractivity contribution in [3.8, 4) is 0 Å². The fourth-order valence-corrected chi connectivity index (χ4v) is 3.48. The highest BCUT2D eigenvalue weighted by Crippen LogP contribution is 2.33. The Balaban J connectivity index is 1.78. The first-order chi connectivity index (χ1) is 12.8. The number of hydrogen-bond donors (Lipinski definition) is 1. The minimum atomic E-state index is 0.445. The molecule has 1 N–H and O–H groups in total. The van der Waals surface area contributed by atoms with Crippen LogP contribution in [0.5, 0.6) is 0 Å². The van der Waals surface area contributed by atoms with Crippen molar-refractivity contribution >= 4 is 55.8 Å². The Labute approximate surface area is 154 Å². The van der Waals surface area contributed by atoms with Crippen LogP contribution in [-0.2, 0) is 0 Å². The third kappa shape index (κ3) is 2.43. The Hall–Kier alpha value is -3.24. The first-order valence-corrected chi connectivity index (χ1v) is 8.64. The van der Waals surface area contributed by atoms with Gasteiger partial charge in [0.05, 0.1) is 0 Å². The summed E-state index contributed by atoms with van der Waals surface area (Å²) >= 11 is 6.05. The highest BCUT2D eigenvalue weighted by molar-refractivity contribution is 6.30. The Kier molecular flexibility index (Phi) is 3.43. The molecule has 0 aliphatic carbocycles. The number of rotatable bonds is 2. The fourth-order valence-electron chi connectivity index (χ4n) is 3.29. The highest BCUT2D eigenvalue weighted by Gasteiger charge is 2.12. The maximum absolute atomic E-state index is 6.05. The molecule has 26 heavy (non-hydrogen) atoms. The van der Waals surface area contributed by atoms with Crippen LogP contribution in [0.4, 0.5) is 11.6 Å². The molecule has 0 saturated heterocycles. The van der Waals surface area contributed by atoms with E-state index in [4.69, 9.17) is 16.6 Å². The summed E-state index contributed by atoms with van der Waals surface area (Å²) in [4.78, 5) is 4.75. The summed E-state index contributed by atoms with van der Waals surface area (Å²) in [6.45, 7) is 0. The van der Waals surface area contributed by atoms with Gasteiger partial charge in [0.2, 0.25) is 5.95 Å². The van der Waals surface area contributed by atoms with E-state index in [-0.39, 0.29) is 0 Å². The molecule has 0 unspecified atom stereocenters. The Morgan fingerprint density at radius 2 is 1.31 bits per heavy atom. The molecule has 0 spiro atoms. The van der Waals surface area contributed by atoms with Crippen molar-refractivity contribution < 1.29 is 0 Å². The van der Waals surface area contributed by atoms with E-state index in [1.54, 1.807) is 0 Å². The van der Waals surface area contributed by atoms with Gasteiger partial charge in [0.15, 0.2) is 0 Å². The van der Waals surface area contributed by atoms with Gasteiger partial charge in [-0.15, -0.1) is 10.2 Å².